The van der Waals surface area contributed by atoms with Crippen LogP contribution in [-0.4, -0.2) is 19.8 Å². The lowest BCUT2D eigenvalue weighted by atomic mass is 10.2. The number of halogens is 1. The van der Waals surface area contributed by atoms with E-state index in [0.717, 1.165) is 9.35 Å². The van der Waals surface area contributed by atoms with E-state index in [1.807, 2.05) is 0 Å². The molecule has 0 spiro atoms. The second-order valence-corrected chi connectivity index (χ2v) is 5.11. The Morgan fingerprint density at radius 1 is 1.69 bits per heavy atom. The Bertz CT molecular complexity index is 463. The summed E-state index contributed by atoms with van der Waals surface area (Å²) in [4.78, 5) is 15.7. The fraction of sp³-hybridized carbons (Fsp3) is 0.0909. The van der Waals surface area contributed by atoms with E-state index < -0.39 is 0 Å². The summed E-state index contributed by atoms with van der Waals surface area (Å²) in [6, 6.07) is 1.71. The number of ether oxygens (including phenoxy) is 1. The van der Waals surface area contributed by atoms with E-state index in [-0.39, 0.29) is 5.97 Å². The summed E-state index contributed by atoms with van der Waals surface area (Å²) >= 11 is 4.67. The van der Waals surface area contributed by atoms with Crippen molar-refractivity contribution in [3.05, 3.63) is 39.0 Å². The molecule has 0 radical (unpaired) electrons. The van der Waals surface area contributed by atoms with Crippen molar-refractivity contribution in [2.45, 2.75) is 0 Å². The lowest BCUT2D eigenvalue weighted by Gasteiger charge is -1.96. The van der Waals surface area contributed by atoms with Gasteiger partial charge in [0.25, 0.3) is 0 Å². The number of esters is 1. The molecule has 0 aliphatic carbocycles. The van der Waals surface area contributed by atoms with Gasteiger partial charge in [-0.15, -0.1) is 11.3 Å². The summed E-state index contributed by atoms with van der Waals surface area (Å²) in [6.45, 7) is 7.07. The predicted molar refractivity (Wildman–Crippen MR) is 71.1 cm³/mol. The van der Waals surface area contributed by atoms with Gasteiger partial charge >= 0.3 is 5.97 Å². The molecule has 84 valence electrons. The zero-order valence-corrected chi connectivity index (χ0v) is 11.1. The minimum Gasteiger partial charge on any atom is -0.465 e. The minimum atomic E-state index is -0.362. The Balaban J connectivity index is 3.20. The molecule has 0 aliphatic rings. The van der Waals surface area contributed by atoms with Gasteiger partial charge < -0.3 is 4.74 Å². The maximum absolute atomic E-state index is 11.3. The van der Waals surface area contributed by atoms with Crippen LogP contribution in [0.25, 0.3) is 5.70 Å². The summed E-state index contributed by atoms with van der Waals surface area (Å²) < 4.78 is 5.46. The summed E-state index contributed by atoms with van der Waals surface area (Å²) in [5.41, 5.74) is 1.47. The fourth-order valence-corrected chi connectivity index (χ4v) is 2.73. The normalized spacial score (nSPS) is 11.0. The molecule has 0 aromatic carbocycles. The van der Waals surface area contributed by atoms with Crippen LogP contribution in [0.1, 0.15) is 15.2 Å². The average molecular weight is 300 g/mol. The highest BCUT2D eigenvalue weighted by molar-refractivity contribution is 9.11. The molecule has 0 aliphatic heterocycles. The molecular formula is C11H10BrNO2S. The van der Waals surface area contributed by atoms with Crippen LogP contribution in [-0.2, 0) is 4.74 Å². The minimum absolute atomic E-state index is 0.362. The summed E-state index contributed by atoms with van der Waals surface area (Å²) in [7, 11) is 1.35. The molecule has 0 saturated heterocycles. The molecule has 0 saturated carbocycles. The van der Waals surface area contributed by atoms with E-state index in [1.165, 1.54) is 18.4 Å². The van der Waals surface area contributed by atoms with Gasteiger partial charge in [0, 0.05) is 5.56 Å². The molecular weight excluding hydrogens is 290 g/mol. The third kappa shape index (κ3) is 2.68. The second-order valence-electron chi connectivity index (χ2n) is 2.74. The van der Waals surface area contributed by atoms with Crippen molar-refractivity contribution < 1.29 is 9.53 Å². The quantitative estimate of drug-likeness (QED) is 0.485. The summed E-state index contributed by atoms with van der Waals surface area (Å²) in [5, 5.41) is 0. The molecule has 1 rings (SSSR count). The second kappa shape index (κ2) is 5.77. The Hall–Kier alpha value is -1.20. The smallest absolute Gasteiger partial charge is 0.348 e. The summed E-state index contributed by atoms with van der Waals surface area (Å²) in [6.07, 6.45) is 3.34. The zero-order valence-electron chi connectivity index (χ0n) is 8.70. The zero-order chi connectivity index (χ0) is 12.1. The van der Waals surface area contributed by atoms with Crippen LogP contribution >= 0.6 is 27.3 Å². The first-order valence-electron chi connectivity index (χ1n) is 4.31. The molecule has 1 aromatic heterocycles. The lowest BCUT2D eigenvalue weighted by Crippen LogP contribution is -1.97. The molecule has 1 heterocycles. The van der Waals surface area contributed by atoms with Crippen LogP contribution in [0.5, 0.6) is 0 Å². The molecule has 0 amide bonds. The van der Waals surface area contributed by atoms with Crippen LogP contribution in [0, 0.1) is 0 Å². The number of carbonyl (C=O) groups is 1. The van der Waals surface area contributed by atoms with Crippen LogP contribution in [0.2, 0.25) is 0 Å². The Labute approximate surface area is 106 Å². The van der Waals surface area contributed by atoms with E-state index in [1.54, 1.807) is 18.2 Å². The highest BCUT2D eigenvalue weighted by Crippen LogP contribution is 2.33. The number of methoxy groups -OCH3 is 1. The van der Waals surface area contributed by atoms with Crippen molar-refractivity contribution in [1.82, 2.24) is 0 Å². The maximum atomic E-state index is 11.3. The van der Waals surface area contributed by atoms with Crippen LogP contribution in [0.4, 0.5) is 0 Å². The highest BCUT2D eigenvalue weighted by Gasteiger charge is 2.15. The largest absolute Gasteiger partial charge is 0.465 e. The first kappa shape index (κ1) is 12.9. The van der Waals surface area contributed by atoms with E-state index in [9.17, 15) is 4.79 Å². The Kier molecular flexibility index (Phi) is 4.64. The van der Waals surface area contributed by atoms with Crippen molar-refractivity contribution in [3.63, 3.8) is 0 Å². The van der Waals surface area contributed by atoms with E-state index in [0.29, 0.717) is 10.6 Å². The topological polar surface area (TPSA) is 38.7 Å². The molecule has 5 heteroatoms. The maximum Gasteiger partial charge on any atom is 0.348 e. The van der Waals surface area contributed by atoms with Gasteiger partial charge in [0.1, 0.15) is 4.88 Å². The Morgan fingerprint density at radius 3 is 2.88 bits per heavy atom. The van der Waals surface area contributed by atoms with Gasteiger partial charge in [-0.2, -0.15) is 0 Å². The highest BCUT2D eigenvalue weighted by atomic mass is 79.9. The van der Waals surface area contributed by atoms with Gasteiger partial charge in [0.15, 0.2) is 0 Å². The number of nitrogens with zero attached hydrogens (tertiary/aromatic N) is 1. The third-order valence-corrected chi connectivity index (χ3v) is 3.61. The van der Waals surface area contributed by atoms with Gasteiger partial charge in [-0.25, -0.2) is 4.79 Å². The number of hydrogen-bond donors (Lipinski definition) is 0. The van der Waals surface area contributed by atoms with Gasteiger partial charge in [0.05, 0.1) is 16.6 Å². The number of carbonyl (C=O) groups excluding carboxylic acids is 1. The number of hydrogen-bond acceptors (Lipinski definition) is 4. The van der Waals surface area contributed by atoms with Crippen molar-refractivity contribution in [3.8, 4) is 0 Å². The molecule has 0 bridgehead atoms. The van der Waals surface area contributed by atoms with Crippen LogP contribution in [0.15, 0.2) is 33.6 Å². The number of rotatable bonds is 4. The Morgan fingerprint density at radius 2 is 2.38 bits per heavy atom. The monoisotopic (exact) mass is 299 g/mol. The molecule has 0 fully saturated rings. The van der Waals surface area contributed by atoms with E-state index >= 15 is 0 Å². The fourth-order valence-electron chi connectivity index (χ4n) is 1.08. The molecule has 1 aromatic rings. The van der Waals surface area contributed by atoms with Gasteiger partial charge in [-0.3, -0.25) is 4.99 Å². The van der Waals surface area contributed by atoms with Crippen LogP contribution in [0.3, 0.4) is 0 Å². The lowest BCUT2D eigenvalue weighted by molar-refractivity contribution is 0.0606. The van der Waals surface area contributed by atoms with Gasteiger partial charge in [0.2, 0.25) is 0 Å². The molecule has 16 heavy (non-hydrogen) atoms. The molecule has 0 unspecified atom stereocenters. The van der Waals surface area contributed by atoms with Crippen molar-refractivity contribution >= 4 is 45.7 Å². The van der Waals surface area contributed by atoms with Crippen LogP contribution < -0.4 is 0 Å². The average Bonchev–Trinajstić information content (AvgIpc) is 2.67. The third-order valence-electron chi connectivity index (χ3n) is 1.80. The van der Waals surface area contributed by atoms with E-state index in [4.69, 9.17) is 0 Å². The first-order chi connectivity index (χ1) is 7.63. The van der Waals surface area contributed by atoms with Crippen molar-refractivity contribution in [2.24, 2.45) is 4.99 Å². The SMILES string of the molecule is C=C/C=C(\N=C)c1cc(C(=O)OC)sc1Br. The predicted octanol–water partition coefficient (Wildman–Crippen LogP) is 3.52. The first-order valence-corrected chi connectivity index (χ1v) is 5.92. The standard InChI is InChI=1S/C11H10BrNO2S/c1-4-5-8(13-2)7-6-9(11(14)15-3)16-10(7)12/h4-6H,1-2H2,3H3/b8-5-. The van der Waals surface area contributed by atoms with Crippen molar-refractivity contribution in [2.75, 3.05) is 7.11 Å². The summed E-state index contributed by atoms with van der Waals surface area (Å²) in [5.74, 6) is -0.362. The molecule has 3 nitrogen and oxygen atoms in total. The van der Waals surface area contributed by atoms with Gasteiger partial charge in [-0.05, 0) is 34.8 Å². The van der Waals surface area contributed by atoms with Crippen molar-refractivity contribution in [1.29, 1.82) is 0 Å². The van der Waals surface area contributed by atoms with Gasteiger partial charge in [-0.1, -0.05) is 12.7 Å². The van der Waals surface area contributed by atoms with E-state index in [2.05, 4.69) is 39.0 Å². The number of allylic oxidation sites excluding steroid dienone is 2. The number of thiophene rings is 1. The molecule has 0 atom stereocenters. The molecule has 0 N–H and O–H groups in total. The number of aliphatic imine (C=N–C) groups is 1.